The van der Waals surface area contributed by atoms with Crippen molar-refractivity contribution in [2.24, 2.45) is 11.8 Å². The van der Waals surface area contributed by atoms with E-state index in [2.05, 4.69) is 87.4 Å². The second kappa shape index (κ2) is 8.27. The third-order valence-electron chi connectivity index (χ3n) is 6.65. The van der Waals surface area contributed by atoms with Crippen molar-refractivity contribution >= 4 is 14.1 Å². The molecule has 0 radical (unpaired) electrons. The van der Waals surface area contributed by atoms with Crippen LogP contribution in [0, 0.1) is 11.8 Å². The van der Waals surface area contributed by atoms with Gasteiger partial charge in [-0.05, 0) is 35.4 Å². The highest BCUT2D eigenvalue weighted by Gasteiger charge is 2.44. The van der Waals surface area contributed by atoms with Crippen LogP contribution in [0.1, 0.15) is 59.8 Å². The van der Waals surface area contributed by atoms with Crippen LogP contribution in [-0.2, 0) is 0 Å². The minimum absolute atomic E-state index is 0.100. The molecule has 0 saturated heterocycles. The van der Waals surface area contributed by atoms with Crippen molar-refractivity contribution < 1.29 is 0 Å². The predicted octanol–water partition coefficient (Wildman–Crippen LogP) is 5.43. The van der Waals surface area contributed by atoms with Gasteiger partial charge in [-0.25, -0.2) is 0 Å². The van der Waals surface area contributed by atoms with E-state index in [0.717, 1.165) is 6.04 Å². The molecule has 1 saturated carbocycles. The minimum Gasteiger partial charge on any atom is -0.308 e. The van der Waals surface area contributed by atoms with E-state index in [9.17, 15) is 0 Å². The zero-order chi connectivity index (χ0) is 18.7. The van der Waals surface area contributed by atoms with Crippen LogP contribution in [-0.4, -0.2) is 25.1 Å². The summed E-state index contributed by atoms with van der Waals surface area (Å²) < 4.78 is 3.01. The van der Waals surface area contributed by atoms with Gasteiger partial charge in [-0.3, -0.25) is 0 Å². The molecule has 0 aromatic heterocycles. The van der Waals surface area contributed by atoms with E-state index in [1.807, 2.05) is 0 Å². The van der Waals surface area contributed by atoms with Gasteiger partial charge in [0, 0.05) is 6.04 Å². The predicted molar refractivity (Wildman–Crippen MR) is 117 cm³/mol. The lowest BCUT2D eigenvalue weighted by molar-refractivity contribution is 0.145. The molecular weight excluding hydrogens is 330 g/mol. The highest BCUT2D eigenvalue weighted by Crippen LogP contribution is 2.41. The van der Waals surface area contributed by atoms with E-state index in [-0.39, 0.29) is 5.54 Å². The molecule has 0 heterocycles. The summed E-state index contributed by atoms with van der Waals surface area (Å²) in [4.78, 5) is 0. The summed E-state index contributed by atoms with van der Waals surface area (Å²) in [5.41, 5.74) is 1.62. The summed E-state index contributed by atoms with van der Waals surface area (Å²) in [5, 5.41) is 1.58. The van der Waals surface area contributed by atoms with Crippen LogP contribution < -0.4 is 5.19 Å². The third kappa shape index (κ3) is 3.77. The number of benzene rings is 1. The highest BCUT2D eigenvalue weighted by atomic mass is 28.3. The van der Waals surface area contributed by atoms with E-state index in [1.165, 1.54) is 37.7 Å². The van der Waals surface area contributed by atoms with Crippen LogP contribution in [0.25, 0.3) is 0 Å². The second-order valence-corrected chi connectivity index (χ2v) is 11.5. The molecule has 0 N–H and O–H groups in total. The SMILES string of the molecule is CC(C)C1=CC(C(C)C)(N(C2CCCCC2)[SiH](C)c2ccccc2)C=C1. The average Bonchev–Trinajstić information content (AvgIpc) is 3.10. The average molecular weight is 368 g/mol. The van der Waals surface area contributed by atoms with Gasteiger partial charge in [-0.2, -0.15) is 0 Å². The molecule has 0 bridgehead atoms. The normalized spacial score (nSPS) is 25.3. The van der Waals surface area contributed by atoms with Crippen molar-refractivity contribution in [3.05, 3.63) is 54.1 Å². The summed E-state index contributed by atoms with van der Waals surface area (Å²) >= 11 is 0. The fourth-order valence-corrected chi connectivity index (χ4v) is 8.15. The van der Waals surface area contributed by atoms with Gasteiger partial charge in [0.2, 0.25) is 0 Å². The standard InChI is InChI=1S/C24H37NSi/c1-19(2)21-16-17-24(18-21,20(3)4)25(22-12-8-6-9-13-22)26(5)23-14-10-7-11-15-23/h7,10-11,14-20,22,26H,6,8-9,12-13H2,1-5H3. The monoisotopic (exact) mass is 367 g/mol. The zero-order valence-corrected chi connectivity index (χ0v) is 18.6. The minimum atomic E-state index is -1.25. The van der Waals surface area contributed by atoms with Crippen molar-refractivity contribution in [3.8, 4) is 0 Å². The number of hydrogen-bond donors (Lipinski definition) is 0. The Bertz CT molecular complexity index is 639. The Hall–Kier alpha value is -1.12. The van der Waals surface area contributed by atoms with Gasteiger partial charge in [0.15, 0.2) is 0 Å². The zero-order valence-electron chi connectivity index (χ0n) is 17.4. The first-order chi connectivity index (χ1) is 12.5. The molecule has 1 aromatic carbocycles. The van der Waals surface area contributed by atoms with Gasteiger partial charge in [0.05, 0.1) is 5.54 Å². The Kier molecular flexibility index (Phi) is 6.24. The van der Waals surface area contributed by atoms with Crippen LogP contribution in [0.3, 0.4) is 0 Å². The topological polar surface area (TPSA) is 3.24 Å². The summed E-state index contributed by atoms with van der Waals surface area (Å²) in [7, 11) is -1.25. The maximum Gasteiger partial charge on any atom is 0.142 e. The van der Waals surface area contributed by atoms with Gasteiger partial charge in [-0.15, -0.1) is 0 Å². The lowest BCUT2D eigenvalue weighted by Gasteiger charge is -2.51. The molecule has 2 atom stereocenters. The number of hydrogen-bond acceptors (Lipinski definition) is 1. The molecule has 0 amide bonds. The molecule has 3 rings (SSSR count). The van der Waals surface area contributed by atoms with Gasteiger partial charge in [-0.1, -0.05) is 102 Å². The molecule has 2 unspecified atom stereocenters. The Morgan fingerprint density at radius 1 is 1.00 bits per heavy atom. The molecule has 142 valence electrons. The Labute approximate surface area is 162 Å². The van der Waals surface area contributed by atoms with Gasteiger partial charge >= 0.3 is 0 Å². The van der Waals surface area contributed by atoms with Gasteiger partial charge < -0.3 is 4.57 Å². The van der Waals surface area contributed by atoms with Crippen molar-refractivity contribution in [1.29, 1.82) is 0 Å². The van der Waals surface area contributed by atoms with E-state index in [0.29, 0.717) is 11.8 Å². The van der Waals surface area contributed by atoms with Crippen molar-refractivity contribution in [3.63, 3.8) is 0 Å². The summed E-state index contributed by atoms with van der Waals surface area (Å²) in [6, 6.07) is 12.1. The second-order valence-electron chi connectivity index (χ2n) is 8.96. The van der Waals surface area contributed by atoms with Crippen LogP contribution >= 0.6 is 0 Å². The molecule has 1 aromatic rings. The van der Waals surface area contributed by atoms with Crippen molar-refractivity contribution in [2.75, 3.05) is 0 Å². The van der Waals surface area contributed by atoms with E-state index in [1.54, 1.807) is 5.19 Å². The Balaban J connectivity index is 2.05. The number of rotatable bonds is 6. The lowest BCUT2D eigenvalue weighted by atomic mass is 9.84. The maximum absolute atomic E-state index is 3.01. The van der Waals surface area contributed by atoms with Gasteiger partial charge in [0.1, 0.15) is 8.96 Å². The Morgan fingerprint density at radius 2 is 1.65 bits per heavy atom. The number of allylic oxidation sites excluding steroid dienone is 2. The lowest BCUT2D eigenvalue weighted by Crippen LogP contribution is -2.63. The first kappa shape index (κ1) is 19.6. The van der Waals surface area contributed by atoms with E-state index < -0.39 is 8.96 Å². The molecule has 1 fully saturated rings. The molecule has 2 aliphatic rings. The molecule has 0 aliphatic heterocycles. The van der Waals surface area contributed by atoms with Crippen molar-refractivity contribution in [1.82, 2.24) is 4.57 Å². The van der Waals surface area contributed by atoms with Crippen LogP contribution in [0.5, 0.6) is 0 Å². The molecular formula is C24H37NSi. The molecule has 1 nitrogen and oxygen atoms in total. The first-order valence-electron chi connectivity index (χ1n) is 10.7. The number of nitrogens with zero attached hydrogens (tertiary/aromatic N) is 1. The molecule has 0 spiro atoms. The first-order valence-corrected chi connectivity index (χ1v) is 13.0. The third-order valence-corrected chi connectivity index (χ3v) is 9.70. The molecule has 26 heavy (non-hydrogen) atoms. The quantitative estimate of drug-likeness (QED) is 0.606. The van der Waals surface area contributed by atoms with E-state index >= 15 is 0 Å². The van der Waals surface area contributed by atoms with Crippen LogP contribution in [0.4, 0.5) is 0 Å². The Morgan fingerprint density at radius 3 is 2.19 bits per heavy atom. The van der Waals surface area contributed by atoms with E-state index in [4.69, 9.17) is 0 Å². The van der Waals surface area contributed by atoms with Gasteiger partial charge in [0.25, 0.3) is 0 Å². The highest BCUT2D eigenvalue weighted by molar-refractivity contribution is 6.69. The maximum atomic E-state index is 3.01. The van der Waals surface area contributed by atoms with Crippen LogP contribution in [0.15, 0.2) is 54.1 Å². The molecule has 2 heteroatoms. The van der Waals surface area contributed by atoms with Crippen molar-refractivity contribution in [2.45, 2.75) is 77.9 Å². The summed E-state index contributed by atoms with van der Waals surface area (Å²) in [5.74, 6) is 1.20. The molecule has 2 aliphatic carbocycles. The summed E-state index contributed by atoms with van der Waals surface area (Å²) in [6.07, 6.45) is 14.6. The fraction of sp³-hybridized carbons (Fsp3) is 0.583. The largest absolute Gasteiger partial charge is 0.308 e. The van der Waals surface area contributed by atoms with Crippen LogP contribution in [0.2, 0.25) is 6.55 Å². The fourth-order valence-electron chi connectivity index (χ4n) is 4.99. The smallest absolute Gasteiger partial charge is 0.142 e. The summed E-state index contributed by atoms with van der Waals surface area (Å²) in [6.45, 7) is 12.1.